The molecule has 0 saturated carbocycles. The van der Waals surface area contributed by atoms with E-state index < -0.39 is 0 Å². The molecule has 3 nitrogen and oxygen atoms in total. The van der Waals surface area contributed by atoms with E-state index in [0.717, 1.165) is 30.2 Å². The van der Waals surface area contributed by atoms with Crippen LogP contribution in [0.1, 0.15) is 12.0 Å². The molecule has 2 aromatic carbocycles. The van der Waals surface area contributed by atoms with Gasteiger partial charge in [0.05, 0.1) is 13.7 Å². The van der Waals surface area contributed by atoms with Crippen LogP contribution in [0.3, 0.4) is 0 Å². The number of hydrogen-bond acceptors (Lipinski definition) is 3. The van der Waals surface area contributed by atoms with Gasteiger partial charge in [0.2, 0.25) is 0 Å². The number of rotatable bonds is 7. The number of benzene rings is 2. The van der Waals surface area contributed by atoms with Crippen LogP contribution in [0.4, 0.5) is 5.69 Å². The van der Waals surface area contributed by atoms with Crippen molar-refractivity contribution in [2.24, 2.45) is 0 Å². The highest BCUT2D eigenvalue weighted by atomic mass is 16.5. The highest BCUT2D eigenvalue weighted by Crippen LogP contribution is 2.15. The second-order valence-corrected chi connectivity index (χ2v) is 4.67. The fourth-order valence-corrected chi connectivity index (χ4v) is 1.91. The fraction of sp³-hybridized carbons (Fsp3) is 0.294. The van der Waals surface area contributed by atoms with E-state index in [1.807, 2.05) is 36.4 Å². The maximum Gasteiger partial charge on any atom is 0.119 e. The molecule has 106 valence electrons. The van der Waals surface area contributed by atoms with Crippen LogP contribution in [-0.2, 0) is 0 Å². The summed E-state index contributed by atoms with van der Waals surface area (Å²) in [6, 6.07) is 16.1. The zero-order chi connectivity index (χ0) is 14.2. The van der Waals surface area contributed by atoms with E-state index >= 15 is 0 Å². The van der Waals surface area contributed by atoms with E-state index in [0.29, 0.717) is 6.61 Å². The van der Waals surface area contributed by atoms with E-state index in [-0.39, 0.29) is 0 Å². The highest BCUT2D eigenvalue weighted by Gasteiger charge is 1.96. The summed E-state index contributed by atoms with van der Waals surface area (Å²) in [5.41, 5.74) is 2.32. The van der Waals surface area contributed by atoms with Gasteiger partial charge >= 0.3 is 0 Å². The van der Waals surface area contributed by atoms with E-state index in [1.54, 1.807) is 7.11 Å². The first kappa shape index (κ1) is 14.3. The molecule has 0 spiro atoms. The molecule has 0 bridgehead atoms. The molecule has 0 aliphatic rings. The van der Waals surface area contributed by atoms with Crippen LogP contribution >= 0.6 is 0 Å². The van der Waals surface area contributed by atoms with Crippen LogP contribution in [-0.4, -0.2) is 20.3 Å². The molecule has 3 heteroatoms. The maximum absolute atomic E-state index is 5.70. The molecular weight excluding hydrogens is 250 g/mol. The molecule has 0 aromatic heterocycles. The molecule has 0 radical (unpaired) electrons. The van der Waals surface area contributed by atoms with Gasteiger partial charge in [-0.1, -0.05) is 12.1 Å². The zero-order valence-corrected chi connectivity index (χ0v) is 12.1. The Kier molecular flexibility index (Phi) is 5.30. The lowest BCUT2D eigenvalue weighted by molar-refractivity contribution is 0.315. The minimum Gasteiger partial charge on any atom is -0.497 e. The summed E-state index contributed by atoms with van der Waals surface area (Å²) in [6.07, 6.45) is 0.958. The van der Waals surface area contributed by atoms with Gasteiger partial charge in [0.1, 0.15) is 11.5 Å². The van der Waals surface area contributed by atoms with Gasteiger partial charge in [-0.25, -0.2) is 0 Å². The van der Waals surface area contributed by atoms with Gasteiger partial charge in [-0.15, -0.1) is 0 Å². The Hall–Kier alpha value is -2.16. The van der Waals surface area contributed by atoms with Gasteiger partial charge in [0, 0.05) is 12.2 Å². The number of anilines is 1. The Bertz CT molecular complexity index is 523. The van der Waals surface area contributed by atoms with Crippen molar-refractivity contribution >= 4 is 5.69 Å². The lowest BCUT2D eigenvalue weighted by atomic mass is 10.2. The first-order chi connectivity index (χ1) is 9.78. The largest absolute Gasteiger partial charge is 0.497 e. The van der Waals surface area contributed by atoms with Crippen molar-refractivity contribution in [1.29, 1.82) is 0 Å². The quantitative estimate of drug-likeness (QED) is 0.775. The standard InChI is InChI=1S/C17H21NO2/c1-14-5-3-6-17(13-14)20-12-4-11-18-15-7-9-16(19-2)10-8-15/h3,5-10,13,18H,4,11-12H2,1-2H3. The third-order valence-electron chi connectivity index (χ3n) is 3.00. The lowest BCUT2D eigenvalue weighted by Gasteiger charge is -2.09. The monoisotopic (exact) mass is 271 g/mol. The normalized spacial score (nSPS) is 10.1. The molecule has 2 aromatic rings. The third kappa shape index (κ3) is 4.50. The summed E-state index contributed by atoms with van der Waals surface area (Å²) in [5.74, 6) is 1.81. The van der Waals surface area contributed by atoms with E-state index in [1.165, 1.54) is 5.56 Å². The van der Waals surface area contributed by atoms with Crippen molar-refractivity contribution in [2.75, 3.05) is 25.6 Å². The first-order valence-electron chi connectivity index (χ1n) is 6.85. The van der Waals surface area contributed by atoms with E-state index in [4.69, 9.17) is 9.47 Å². The van der Waals surface area contributed by atoms with Crippen molar-refractivity contribution in [3.8, 4) is 11.5 Å². The number of hydrogen-bond donors (Lipinski definition) is 1. The molecule has 20 heavy (non-hydrogen) atoms. The van der Waals surface area contributed by atoms with Crippen molar-refractivity contribution in [3.63, 3.8) is 0 Å². The summed E-state index contributed by atoms with van der Waals surface area (Å²) in [5, 5.41) is 3.36. The molecular formula is C17H21NO2. The summed E-state index contributed by atoms with van der Waals surface area (Å²) in [7, 11) is 1.67. The predicted octanol–water partition coefficient (Wildman–Crippen LogP) is 3.88. The van der Waals surface area contributed by atoms with Crippen molar-refractivity contribution < 1.29 is 9.47 Å². The molecule has 0 saturated heterocycles. The van der Waals surface area contributed by atoms with Gasteiger partial charge < -0.3 is 14.8 Å². The molecule has 0 fully saturated rings. The molecule has 1 N–H and O–H groups in total. The van der Waals surface area contributed by atoms with E-state index in [2.05, 4.69) is 24.4 Å². The van der Waals surface area contributed by atoms with Crippen LogP contribution < -0.4 is 14.8 Å². The zero-order valence-electron chi connectivity index (χ0n) is 12.1. The average molecular weight is 271 g/mol. The van der Waals surface area contributed by atoms with Gasteiger partial charge in [-0.05, 0) is 55.3 Å². The summed E-state index contributed by atoms with van der Waals surface area (Å²) >= 11 is 0. The Morgan fingerprint density at radius 1 is 1.00 bits per heavy atom. The van der Waals surface area contributed by atoms with Crippen LogP contribution in [0.15, 0.2) is 48.5 Å². The Labute approximate surface area is 120 Å². The smallest absolute Gasteiger partial charge is 0.119 e. The number of nitrogens with one attached hydrogen (secondary N) is 1. The lowest BCUT2D eigenvalue weighted by Crippen LogP contribution is -2.07. The molecule has 0 aliphatic carbocycles. The van der Waals surface area contributed by atoms with Gasteiger partial charge in [0.25, 0.3) is 0 Å². The van der Waals surface area contributed by atoms with Crippen molar-refractivity contribution in [3.05, 3.63) is 54.1 Å². The maximum atomic E-state index is 5.70. The third-order valence-corrected chi connectivity index (χ3v) is 3.00. The van der Waals surface area contributed by atoms with Gasteiger partial charge in [0.15, 0.2) is 0 Å². The number of methoxy groups -OCH3 is 1. The molecule has 0 amide bonds. The number of aryl methyl sites for hydroxylation is 1. The Morgan fingerprint density at radius 3 is 2.50 bits per heavy atom. The molecule has 0 aliphatic heterocycles. The minimum absolute atomic E-state index is 0.715. The van der Waals surface area contributed by atoms with Crippen LogP contribution in [0.2, 0.25) is 0 Å². The number of ether oxygens (including phenoxy) is 2. The molecule has 0 atom stereocenters. The summed E-state index contributed by atoms with van der Waals surface area (Å²) in [4.78, 5) is 0. The van der Waals surface area contributed by atoms with E-state index in [9.17, 15) is 0 Å². The second-order valence-electron chi connectivity index (χ2n) is 4.67. The highest BCUT2D eigenvalue weighted by molar-refractivity contribution is 5.46. The molecule has 0 heterocycles. The van der Waals surface area contributed by atoms with Crippen LogP contribution in [0.5, 0.6) is 11.5 Å². The van der Waals surface area contributed by atoms with Crippen LogP contribution in [0.25, 0.3) is 0 Å². The fourth-order valence-electron chi connectivity index (χ4n) is 1.91. The minimum atomic E-state index is 0.715. The Balaban J connectivity index is 1.66. The molecule has 0 unspecified atom stereocenters. The summed E-state index contributed by atoms with van der Waals surface area (Å²) in [6.45, 7) is 3.67. The van der Waals surface area contributed by atoms with Gasteiger partial charge in [-0.3, -0.25) is 0 Å². The first-order valence-corrected chi connectivity index (χ1v) is 6.85. The second kappa shape index (κ2) is 7.43. The Morgan fingerprint density at radius 2 is 1.80 bits per heavy atom. The predicted molar refractivity (Wildman–Crippen MR) is 82.8 cm³/mol. The molecule has 2 rings (SSSR count). The van der Waals surface area contributed by atoms with Crippen molar-refractivity contribution in [1.82, 2.24) is 0 Å². The topological polar surface area (TPSA) is 30.5 Å². The summed E-state index contributed by atoms with van der Waals surface area (Å²) < 4.78 is 10.8. The average Bonchev–Trinajstić information content (AvgIpc) is 2.48. The van der Waals surface area contributed by atoms with Crippen LogP contribution in [0, 0.1) is 6.92 Å². The van der Waals surface area contributed by atoms with Gasteiger partial charge in [-0.2, -0.15) is 0 Å². The SMILES string of the molecule is COc1ccc(NCCCOc2cccc(C)c2)cc1. The van der Waals surface area contributed by atoms with Crippen molar-refractivity contribution in [2.45, 2.75) is 13.3 Å².